The second-order valence-corrected chi connectivity index (χ2v) is 7.45. The molecule has 2 amide bonds. The molecule has 2 aromatic rings. The molecule has 1 saturated heterocycles. The molecule has 0 bridgehead atoms. The fourth-order valence-electron chi connectivity index (χ4n) is 2.81. The van der Waals surface area contributed by atoms with Gasteiger partial charge in [0.05, 0.1) is 11.4 Å². The van der Waals surface area contributed by atoms with Crippen molar-refractivity contribution < 1.29 is 14.1 Å². The Morgan fingerprint density at radius 2 is 2.12 bits per heavy atom. The fourth-order valence-corrected chi connectivity index (χ4v) is 3.48. The molecule has 0 aliphatic carbocycles. The smallest absolute Gasteiger partial charge is 0.276 e. The van der Waals surface area contributed by atoms with E-state index in [-0.39, 0.29) is 17.9 Å². The van der Waals surface area contributed by atoms with E-state index >= 15 is 0 Å². The van der Waals surface area contributed by atoms with Crippen molar-refractivity contribution in [3.05, 3.63) is 29.3 Å². The van der Waals surface area contributed by atoms with E-state index in [1.165, 1.54) is 0 Å². The molecule has 1 N–H and O–H groups in total. The lowest BCUT2D eigenvalue weighted by Gasteiger charge is -2.34. The Bertz CT molecular complexity index is 735. The number of thiophene rings is 1. The average molecular weight is 376 g/mol. The minimum Gasteiger partial charge on any atom is -0.355 e. The maximum absolute atomic E-state index is 12.6. The monoisotopic (exact) mass is 376 g/mol. The van der Waals surface area contributed by atoms with Gasteiger partial charge in [0.1, 0.15) is 0 Å². The second kappa shape index (κ2) is 8.46. The van der Waals surface area contributed by atoms with Crippen molar-refractivity contribution in [2.75, 3.05) is 32.7 Å². The van der Waals surface area contributed by atoms with Crippen LogP contribution in [0.2, 0.25) is 0 Å². The van der Waals surface area contributed by atoms with E-state index < -0.39 is 0 Å². The molecule has 0 radical (unpaired) electrons. The molecule has 26 heavy (non-hydrogen) atoms. The van der Waals surface area contributed by atoms with Gasteiger partial charge in [-0.1, -0.05) is 18.1 Å². The fraction of sp³-hybridized carbons (Fsp3) is 0.500. The number of hydrogen-bond acceptors (Lipinski definition) is 6. The van der Waals surface area contributed by atoms with Gasteiger partial charge in [0.15, 0.2) is 11.5 Å². The SMILES string of the molecule is CCC(C)NC(=O)CN1CCN(C(=O)c2cc(-c3cccs3)on2)CC1. The number of aromatic nitrogens is 1. The van der Waals surface area contributed by atoms with Crippen LogP contribution in [0.15, 0.2) is 28.1 Å². The van der Waals surface area contributed by atoms with Crippen molar-refractivity contribution >= 4 is 23.2 Å². The van der Waals surface area contributed by atoms with Crippen molar-refractivity contribution in [1.82, 2.24) is 20.3 Å². The Morgan fingerprint density at radius 1 is 1.35 bits per heavy atom. The number of nitrogens with one attached hydrogen (secondary N) is 1. The number of rotatable bonds is 6. The third kappa shape index (κ3) is 4.50. The van der Waals surface area contributed by atoms with Crippen LogP contribution in [0.5, 0.6) is 0 Å². The molecular weight excluding hydrogens is 352 g/mol. The molecule has 7 nitrogen and oxygen atoms in total. The molecule has 1 aliphatic heterocycles. The van der Waals surface area contributed by atoms with E-state index in [0.29, 0.717) is 44.2 Å². The van der Waals surface area contributed by atoms with Crippen LogP contribution in [-0.4, -0.2) is 65.5 Å². The van der Waals surface area contributed by atoms with Gasteiger partial charge in [-0.3, -0.25) is 14.5 Å². The molecule has 8 heteroatoms. The first-order valence-corrected chi connectivity index (χ1v) is 9.76. The summed E-state index contributed by atoms with van der Waals surface area (Å²) in [5, 5.41) is 8.84. The van der Waals surface area contributed by atoms with Gasteiger partial charge in [-0.2, -0.15) is 0 Å². The van der Waals surface area contributed by atoms with Crippen LogP contribution in [0.4, 0.5) is 0 Å². The third-order valence-corrected chi connectivity index (χ3v) is 5.42. The average Bonchev–Trinajstić information content (AvgIpc) is 3.33. The topological polar surface area (TPSA) is 78.7 Å². The largest absolute Gasteiger partial charge is 0.355 e. The lowest BCUT2D eigenvalue weighted by atomic mass is 10.2. The first kappa shape index (κ1) is 18.6. The molecule has 2 aromatic heterocycles. The van der Waals surface area contributed by atoms with Crippen molar-refractivity contribution in [3.63, 3.8) is 0 Å². The number of carbonyl (C=O) groups excluding carboxylic acids is 2. The number of nitrogens with zero attached hydrogens (tertiary/aromatic N) is 3. The summed E-state index contributed by atoms with van der Waals surface area (Å²) in [6.07, 6.45) is 0.916. The summed E-state index contributed by atoms with van der Waals surface area (Å²) < 4.78 is 5.29. The normalized spacial score (nSPS) is 16.5. The van der Waals surface area contributed by atoms with Crippen molar-refractivity contribution in [3.8, 4) is 10.6 Å². The Hall–Kier alpha value is -2.19. The van der Waals surface area contributed by atoms with E-state index in [1.54, 1.807) is 22.3 Å². The zero-order valence-corrected chi connectivity index (χ0v) is 15.9. The lowest BCUT2D eigenvalue weighted by molar-refractivity contribution is -0.123. The highest BCUT2D eigenvalue weighted by molar-refractivity contribution is 7.13. The molecule has 1 aliphatic rings. The van der Waals surface area contributed by atoms with E-state index in [2.05, 4.69) is 15.4 Å². The molecule has 140 valence electrons. The minimum absolute atomic E-state index is 0.0382. The van der Waals surface area contributed by atoms with E-state index in [9.17, 15) is 9.59 Å². The summed E-state index contributed by atoms with van der Waals surface area (Å²) in [5.74, 6) is 0.528. The van der Waals surface area contributed by atoms with Gasteiger partial charge in [-0.05, 0) is 24.8 Å². The van der Waals surface area contributed by atoms with Crippen LogP contribution in [-0.2, 0) is 4.79 Å². The van der Waals surface area contributed by atoms with Crippen LogP contribution in [0.1, 0.15) is 30.8 Å². The predicted molar refractivity (Wildman–Crippen MR) is 100 cm³/mol. The molecule has 0 aromatic carbocycles. The molecule has 1 atom stereocenters. The molecule has 3 heterocycles. The highest BCUT2D eigenvalue weighted by Gasteiger charge is 2.25. The van der Waals surface area contributed by atoms with Gasteiger partial charge in [0.25, 0.3) is 5.91 Å². The summed E-state index contributed by atoms with van der Waals surface area (Å²) in [4.78, 5) is 29.4. The number of carbonyl (C=O) groups is 2. The van der Waals surface area contributed by atoms with Crippen LogP contribution >= 0.6 is 11.3 Å². The Balaban J connectivity index is 1.50. The first-order chi connectivity index (χ1) is 12.6. The van der Waals surface area contributed by atoms with Crippen LogP contribution in [0.3, 0.4) is 0 Å². The van der Waals surface area contributed by atoms with Gasteiger partial charge >= 0.3 is 0 Å². The number of amides is 2. The summed E-state index contributed by atoms with van der Waals surface area (Å²) >= 11 is 1.55. The zero-order chi connectivity index (χ0) is 18.5. The van der Waals surface area contributed by atoms with Gasteiger partial charge < -0.3 is 14.7 Å². The third-order valence-electron chi connectivity index (χ3n) is 4.54. The molecular formula is C18H24N4O3S. The predicted octanol–water partition coefficient (Wildman–Crippen LogP) is 2.08. The van der Waals surface area contributed by atoms with Gasteiger partial charge in [0, 0.05) is 38.3 Å². The van der Waals surface area contributed by atoms with E-state index in [4.69, 9.17) is 4.52 Å². The summed E-state index contributed by atoms with van der Waals surface area (Å²) in [6, 6.07) is 5.75. The summed E-state index contributed by atoms with van der Waals surface area (Å²) in [6.45, 7) is 6.93. The minimum atomic E-state index is -0.125. The summed E-state index contributed by atoms with van der Waals surface area (Å²) in [5.41, 5.74) is 0.330. The molecule has 3 rings (SSSR count). The highest BCUT2D eigenvalue weighted by Crippen LogP contribution is 2.25. The van der Waals surface area contributed by atoms with Crippen molar-refractivity contribution in [1.29, 1.82) is 0 Å². The van der Waals surface area contributed by atoms with E-state index in [1.807, 2.05) is 31.4 Å². The second-order valence-electron chi connectivity index (χ2n) is 6.50. The van der Waals surface area contributed by atoms with Crippen LogP contribution in [0.25, 0.3) is 10.6 Å². The molecule has 0 saturated carbocycles. The van der Waals surface area contributed by atoms with Gasteiger partial charge in [-0.15, -0.1) is 11.3 Å². The van der Waals surface area contributed by atoms with Crippen LogP contribution < -0.4 is 5.32 Å². The van der Waals surface area contributed by atoms with Crippen molar-refractivity contribution in [2.45, 2.75) is 26.3 Å². The molecule has 0 spiro atoms. The van der Waals surface area contributed by atoms with E-state index in [0.717, 1.165) is 11.3 Å². The first-order valence-electron chi connectivity index (χ1n) is 8.88. The lowest BCUT2D eigenvalue weighted by Crippen LogP contribution is -2.51. The Kier molecular flexibility index (Phi) is 6.05. The van der Waals surface area contributed by atoms with Crippen molar-refractivity contribution in [2.24, 2.45) is 0 Å². The number of piperazine rings is 1. The molecule has 1 fully saturated rings. The highest BCUT2D eigenvalue weighted by atomic mass is 32.1. The Labute approximate surface area is 156 Å². The zero-order valence-electron chi connectivity index (χ0n) is 15.1. The molecule has 1 unspecified atom stereocenters. The maximum atomic E-state index is 12.6. The summed E-state index contributed by atoms with van der Waals surface area (Å²) in [7, 11) is 0. The Morgan fingerprint density at radius 3 is 2.77 bits per heavy atom. The quantitative estimate of drug-likeness (QED) is 0.835. The standard InChI is InChI=1S/C18H24N4O3S/c1-3-13(2)19-17(23)12-21-6-8-22(9-7-21)18(24)14-11-15(25-20-14)16-5-4-10-26-16/h4-5,10-11,13H,3,6-9,12H2,1-2H3,(H,19,23). The van der Waals surface area contributed by atoms with Gasteiger partial charge in [0.2, 0.25) is 5.91 Å². The number of hydrogen-bond donors (Lipinski definition) is 1. The van der Waals surface area contributed by atoms with Gasteiger partial charge in [-0.25, -0.2) is 0 Å². The maximum Gasteiger partial charge on any atom is 0.276 e. The van der Waals surface area contributed by atoms with Crippen LogP contribution in [0, 0.1) is 0 Å².